The van der Waals surface area contributed by atoms with Crippen molar-refractivity contribution in [3.63, 3.8) is 0 Å². The molecule has 17 heavy (non-hydrogen) atoms. The number of aliphatic hydroxyl groups is 1. The molecule has 0 radical (unpaired) electrons. The first kappa shape index (κ1) is 15.0. The van der Waals surface area contributed by atoms with Crippen LogP contribution in [0, 0.1) is 11.8 Å². The summed E-state index contributed by atoms with van der Waals surface area (Å²) in [4.78, 5) is 0. The Hall–Kier alpha value is -0.0800. The third kappa shape index (κ3) is 4.97. The lowest BCUT2D eigenvalue weighted by atomic mass is 9.82. The Morgan fingerprint density at radius 3 is 2.82 bits per heavy atom. The Labute approximate surface area is 109 Å². The van der Waals surface area contributed by atoms with Crippen LogP contribution in [0.5, 0.6) is 0 Å². The normalized spacial score (nSPS) is 26.2. The van der Waals surface area contributed by atoms with E-state index in [2.05, 4.69) is 0 Å². The summed E-state index contributed by atoms with van der Waals surface area (Å²) in [6.45, 7) is 3.87. The molecule has 0 saturated carbocycles. The predicted molar refractivity (Wildman–Crippen MR) is 70.9 cm³/mol. The molecule has 1 rings (SSSR count). The minimum absolute atomic E-state index is 0.160. The lowest BCUT2D eigenvalue weighted by molar-refractivity contribution is 0.0453. The average molecular weight is 263 g/mol. The minimum atomic E-state index is -0.723. The van der Waals surface area contributed by atoms with Gasteiger partial charge in [-0.15, -0.1) is 0 Å². The third-order valence-electron chi connectivity index (χ3n) is 3.80. The van der Waals surface area contributed by atoms with Crippen LogP contribution in [0.2, 0.25) is 0 Å². The zero-order valence-corrected chi connectivity index (χ0v) is 11.6. The molecule has 0 fully saturated rings. The van der Waals surface area contributed by atoms with Gasteiger partial charge in [-0.2, -0.15) is 0 Å². The number of halogens is 2. The molecule has 0 bridgehead atoms. The van der Waals surface area contributed by atoms with Gasteiger partial charge in [0.15, 0.2) is 0 Å². The second-order valence-corrected chi connectivity index (χ2v) is 5.73. The van der Waals surface area contributed by atoms with Crippen LogP contribution in [0.4, 0.5) is 4.39 Å². The summed E-state index contributed by atoms with van der Waals surface area (Å²) in [5.74, 6) is 0.412. The van der Waals surface area contributed by atoms with Crippen molar-refractivity contribution in [1.82, 2.24) is 0 Å². The van der Waals surface area contributed by atoms with Crippen LogP contribution in [-0.4, -0.2) is 17.4 Å². The summed E-state index contributed by atoms with van der Waals surface area (Å²) in [6, 6.07) is 0. The summed E-state index contributed by atoms with van der Waals surface area (Å²) >= 11 is 6.00. The number of hydrogen-bond donors (Lipinski definition) is 1. The van der Waals surface area contributed by atoms with E-state index in [0.717, 1.165) is 30.7 Å². The molecule has 0 aromatic carbocycles. The Balaban J connectivity index is 2.35. The molecule has 0 amide bonds. The molecule has 0 aromatic rings. The Bertz CT molecular complexity index is 255. The van der Waals surface area contributed by atoms with Gasteiger partial charge in [0.1, 0.15) is 0 Å². The number of alkyl halides is 1. The maximum atomic E-state index is 13.1. The van der Waals surface area contributed by atoms with E-state index in [4.69, 9.17) is 11.6 Å². The lowest BCUT2D eigenvalue weighted by Crippen LogP contribution is -2.29. The van der Waals surface area contributed by atoms with Crippen LogP contribution in [0.15, 0.2) is 11.1 Å². The van der Waals surface area contributed by atoms with Gasteiger partial charge in [0.05, 0.1) is 12.3 Å². The molecule has 0 spiro atoms. The maximum absolute atomic E-state index is 13.1. The first-order valence-electron chi connectivity index (χ1n) is 6.71. The Morgan fingerprint density at radius 1 is 1.53 bits per heavy atom. The van der Waals surface area contributed by atoms with Crippen LogP contribution in [0.25, 0.3) is 0 Å². The van der Waals surface area contributed by atoms with Crippen LogP contribution < -0.4 is 0 Å². The topological polar surface area (TPSA) is 20.2 Å². The van der Waals surface area contributed by atoms with Gasteiger partial charge in [0, 0.05) is 5.03 Å². The van der Waals surface area contributed by atoms with Crippen LogP contribution in [0.1, 0.15) is 52.4 Å². The fraction of sp³-hybridized carbons (Fsp3) is 0.857. The van der Waals surface area contributed by atoms with Gasteiger partial charge in [0.2, 0.25) is 0 Å². The average Bonchev–Trinajstić information content (AvgIpc) is 2.34. The number of allylic oxidation sites excluding steroid dienone is 2. The van der Waals surface area contributed by atoms with Crippen LogP contribution in [0.3, 0.4) is 0 Å². The predicted octanol–water partition coefficient (Wildman–Crippen LogP) is 4.43. The Kier molecular flexibility index (Phi) is 6.50. The molecule has 3 heteroatoms. The van der Waals surface area contributed by atoms with E-state index in [9.17, 15) is 9.50 Å². The summed E-state index contributed by atoms with van der Waals surface area (Å²) in [7, 11) is 0. The zero-order chi connectivity index (χ0) is 12.8. The highest BCUT2D eigenvalue weighted by atomic mass is 35.5. The van der Waals surface area contributed by atoms with Crippen molar-refractivity contribution in [2.24, 2.45) is 11.8 Å². The standard InChI is InChI=1S/C14H24ClFO/c1-3-13(16)8-7-10(2)14(17)11-5-4-6-12(15)9-11/h6,10-11,13-14,17H,3-5,7-9H2,1-2H3/t10-,11?,13?,14?/m0/s1. The first-order chi connectivity index (χ1) is 8.04. The third-order valence-corrected chi connectivity index (χ3v) is 4.11. The summed E-state index contributed by atoms with van der Waals surface area (Å²) in [6.07, 6.45) is 5.58. The van der Waals surface area contributed by atoms with Crippen molar-refractivity contribution >= 4 is 11.6 Å². The molecule has 4 atom stereocenters. The second kappa shape index (κ2) is 7.38. The first-order valence-corrected chi connectivity index (χ1v) is 7.09. The molecule has 0 heterocycles. The molecule has 0 aromatic heterocycles. The van der Waals surface area contributed by atoms with Crippen molar-refractivity contribution in [2.75, 3.05) is 0 Å². The molecule has 0 aliphatic heterocycles. The van der Waals surface area contributed by atoms with Crippen molar-refractivity contribution in [3.05, 3.63) is 11.1 Å². The van der Waals surface area contributed by atoms with Gasteiger partial charge in [0.25, 0.3) is 0 Å². The minimum Gasteiger partial charge on any atom is -0.393 e. The smallest absolute Gasteiger partial charge is 0.0999 e. The van der Waals surface area contributed by atoms with Gasteiger partial charge in [-0.3, -0.25) is 0 Å². The van der Waals surface area contributed by atoms with Gasteiger partial charge in [-0.25, -0.2) is 4.39 Å². The summed E-state index contributed by atoms with van der Waals surface area (Å²) < 4.78 is 13.1. The highest BCUT2D eigenvalue weighted by molar-refractivity contribution is 6.29. The monoisotopic (exact) mass is 262 g/mol. The molecule has 1 nitrogen and oxygen atoms in total. The van der Waals surface area contributed by atoms with E-state index in [0.29, 0.717) is 12.8 Å². The van der Waals surface area contributed by atoms with Crippen LogP contribution >= 0.6 is 11.6 Å². The van der Waals surface area contributed by atoms with E-state index in [1.54, 1.807) is 0 Å². The molecule has 3 unspecified atom stereocenters. The van der Waals surface area contributed by atoms with Crippen molar-refractivity contribution in [3.8, 4) is 0 Å². The Morgan fingerprint density at radius 2 is 2.24 bits per heavy atom. The maximum Gasteiger partial charge on any atom is 0.0999 e. The number of hydrogen-bond acceptors (Lipinski definition) is 1. The highest BCUT2D eigenvalue weighted by Crippen LogP contribution is 2.32. The lowest BCUT2D eigenvalue weighted by Gasteiger charge is -2.29. The van der Waals surface area contributed by atoms with Gasteiger partial charge in [-0.05, 0) is 50.4 Å². The SMILES string of the molecule is CCC(F)CC[C@H](C)C(O)C1CCC=C(Cl)C1. The molecule has 0 saturated heterocycles. The zero-order valence-electron chi connectivity index (χ0n) is 10.8. The fourth-order valence-corrected chi connectivity index (χ4v) is 2.77. The summed E-state index contributed by atoms with van der Waals surface area (Å²) in [5, 5.41) is 11.1. The van der Waals surface area contributed by atoms with Gasteiger partial charge in [-0.1, -0.05) is 31.5 Å². The molecule has 1 aliphatic carbocycles. The largest absolute Gasteiger partial charge is 0.393 e. The van der Waals surface area contributed by atoms with Gasteiger partial charge < -0.3 is 5.11 Å². The number of rotatable bonds is 6. The fourth-order valence-electron chi connectivity index (χ4n) is 2.46. The van der Waals surface area contributed by atoms with E-state index < -0.39 is 6.17 Å². The molecule has 1 N–H and O–H groups in total. The molecule has 1 aliphatic rings. The molecular weight excluding hydrogens is 239 g/mol. The quantitative estimate of drug-likeness (QED) is 0.751. The van der Waals surface area contributed by atoms with Gasteiger partial charge >= 0.3 is 0 Å². The van der Waals surface area contributed by atoms with Crippen molar-refractivity contribution in [2.45, 2.75) is 64.6 Å². The van der Waals surface area contributed by atoms with Crippen molar-refractivity contribution < 1.29 is 9.50 Å². The van der Waals surface area contributed by atoms with Crippen LogP contribution in [-0.2, 0) is 0 Å². The molecule has 100 valence electrons. The second-order valence-electron chi connectivity index (χ2n) is 5.24. The van der Waals surface area contributed by atoms with Crippen molar-refractivity contribution in [1.29, 1.82) is 0 Å². The molecular formula is C14H24ClFO. The van der Waals surface area contributed by atoms with E-state index in [1.165, 1.54) is 0 Å². The van der Waals surface area contributed by atoms with E-state index in [-0.39, 0.29) is 17.9 Å². The summed E-state index contributed by atoms with van der Waals surface area (Å²) in [5.41, 5.74) is 0. The van der Waals surface area contributed by atoms with E-state index >= 15 is 0 Å². The number of aliphatic hydroxyl groups excluding tert-OH is 1. The highest BCUT2D eigenvalue weighted by Gasteiger charge is 2.27. The van der Waals surface area contributed by atoms with E-state index in [1.807, 2.05) is 19.9 Å².